The maximum Gasteiger partial charge on any atom is 0.260 e. The van der Waals surface area contributed by atoms with E-state index in [2.05, 4.69) is 5.32 Å². The minimum atomic E-state index is 0. The Morgan fingerprint density at radius 3 is 2.64 bits per heavy atom. The van der Waals surface area contributed by atoms with Crippen molar-refractivity contribution in [2.45, 2.75) is 6.42 Å². The van der Waals surface area contributed by atoms with Crippen LogP contribution >= 0.6 is 24.0 Å². The summed E-state index contributed by atoms with van der Waals surface area (Å²) in [5, 5.41) is 3.80. The van der Waals surface area contributed by atoms with Gasteiger partial charge in [0, 0.05) is 19.6 Å². The molecule has 1 N–H and O–H groups in total. The number of hydrogen-bond acceptors (Lipinski definition) is 3. The number of nitrogens with one attached hydrogen (secondary N) is 1. The Morgan fingerprint density at radius 2 is 1.88 bits per heavy atom. The lowest BCUT2D eigenvalue weighted by Crippen LogP contribution is -2.37. The topological polar surface area (TPSA) is 41.6 Å². The summed E-state index contributed by atoms with van der Waals surface area (Å²) in [6, 6.07) is 15.7. The lowest BCUT2D eigenvalue weighted by atomic mass is 10.1. The van der Waals surface area contributed by atoms with E-state index in [0.29, 0.717) is 10.8 Å². The fraction of sp³-hybridized carbons (Fsp3) is 0.316. The van der Waals surface area contributed by atoms with Gasteiger partial charge in [-0.3, -0.25) is 4.79 Å². The molecule has 6 heteroatoms. The van der Waals surface area contributed by atoms with E-state index in [1.165, 1.54) is 0 Å². The van der Waals surface area contributed by atoms with Crippen LogP contribution in [0.2, 0.25) is 5.02 Å². The Bertz CT molecular complexity index is 687. The van der Waals surface area contributed by atoms with Gasteiger partial charge in [0.25, 0.3) is 5.91 Å². The third-order valence-electron chi connectivity index (χ3n) is 4.08. The minimum absolute atomic E-state index is 0. The van der Waals surface area contributed by atoms with Gasteiger partial charge in [0.2, 0.25) is 0 Å². The molecule has 0 radical (unpaired) electrons. The Kier molecular flexibility index (Phi) is 7.56. The van der Waals surface area contributed by atoms with Gasteiger partial charge in [-0.05, 0) is 36.2 Å². The summed E-state index contributed by atoms with van der Waals surface area (Å²) >= 11 is 6.31. The lowest BCUT2D eigenvalue weighted by molar-refractivity contribution is -0.133. The van der Waals surface area contributed by atoms with E-state index in [9.17, 15) is 4.79 Å². The van der Waals surface area contributed by atoms with Crippen molar-refractivity contribution in [2.75, 3.05) is 32.8 Å². The van der Waals surface area contributed by atoms with E-state index in [0.717, 1.165) is 43.7 Å². The number of carbonyl (C=O) groups excluding carboxylic acids is 1. The molecule has 0 unspecified atom stereocenters. The van der Waals surface area contributed by atoms with Gasteiger partial charge in [-0.15, -0.1) is 12.4 Å². The molecule has 0 bridgehead atoms. The molecule has 1 aliphatic rings. The fourth-order valence-corrected chi connectivity index (χ4v) is 2.99. The van der Waals surface area contributed by atoms with Crippen molar-refractivity contribution < 1.29 is 9.53 Å². The van der Waals surface area contributed by atoms with E-state index in [1.54, 1.807) is 0 Å². The van der Waals surface area contributed by atoms with Crippen molar-refractivity contribution in [2.24, 2.45) is 0 Å². The van der Waals surface area contributed by atoms with E-state index in [1.807, 2.05) is 53.4 Å². The van der Waals surface area contributed by atoms with E-state index in [-0.39, 0.29) is 24.9 Å². The molecule has 3 rings (SSSR count). The standard InChI is InChI=1S/C19H21ClN2O2.ClH/c20-17-13-16(15-5-2-1-3-6-15)7-8-18(17)24-14-19(23)22-11-4-9-21-10-12-22;/h1-3,5-8,13,21H,4,9-12,14H2;1H. The molecule has 0 atom stereocenters. The molecule has 25 heavy (non-hydrogen) atoms. The lowest BCUT2D eigenvalue weighted by Gasteiger charge is -2.20. The third kappa shape index (κ3) is 5.36. The Morgan fingerprint density at radius 1 is 1.08 bits per heavy atom. The molecule has 1 amide bonds. The molecule has 1 heterocycles. The number of amides is 1. The van der Waals surface area contributed by atoms with E-state index >= 15 is 0 Å². The summed E-state index contributed by atoms with van der Waals surface area (Å²) < 4.78 is 5.64. The first kappa shape index (κ1) is 19.6. The largest absolute Gasteiger partial charge is 0.482 e. The molecule has 1 fully saturated rings. The van der Waals surface area contributed by atoms with Crippen molar-refractivity contribution in [1.82, 2.24) is 10.2 Å². The number of ether oxygens (including phenoxy) is 1. The predicted molar refractivity (Wildman–Crippen MR) is 104 cm³/mol. The summed E-state index contributed by atoms with van der Waals surface area (Å²) in [5.74, 6) is 0.541. The molecule has 2 aromatic carbocycles. The van der Waals surface area contributed by atoms with Crippen LogP contribution in [0.1, 0.15) is 6.42 Å². The molecule has 4 nitrogen and oxygen atoms in total. The van der Waals surface area contributed by atoms with Crippen LogP contribution in [0.15, 0.2) is 48.5 Å². The van der Waals surface area contributed by atoms with Crippen molar-refractivity contribution in [3.63, 3.8) is 0 Å². The van der Waals surface area contributed by atoms with Crippen molar-refractivity contribution in [3.8, 4) is 16.9 Å². The number of hydrogen-bond donors (Lipinski definition) is 1. The third-order valence-corrected chi connectivity index (χ3v) is 4.38. The van der Waals surface area contributed by atoms with Crippen LogP contribution in [-0.2, 0) is 4.79 Å². The van der Waals surface area contributed by atoms with Gasteiger partial charge in [0.1, 0.15) is 5.75 Å². The summed E-state index contributed by atoms with van der Waals surface area (Å²) in [7, 11) is 0. The van der Waals surface area contributed by atoms with Crippen molar-refractivity contribution in [3.05, 3.63) is 53.6 Å². The van der Waals surface area contributed by atoms with Crippen molar-refractivity contribution >= 4 is 29.9 Å². The van der Waals surface area contributed by atoms with Crippen molar-refractivity contribution in [1.29, 1.82) is 0 Å². The van der Waals surface area contributed by atoms with E-state index in [4.69, 9.17) is 16.3 Å². The maximum absolute atomic E-state index is 12.3. The second-order valence-electron chi connectivity index (χ2n) is 5.78. The molecule has 2 aromatic rings. The van der Waals surface area contributed by atoms with E-state index < -0.39 is 0 Å². The van der Waals surface area contributed by atoms with Gasteiger partial charge in [0.15, 0.2) is 6.61 Å². The highest BCUT2D eigenvalue weighted by Crippen LogP contribution is 2.30. The maximum atomic E-state index is 12.3. The van der Waals surface area contributed by atoms with Crippen LogP contribution in [-0.4, -0.2) is 43.6 Å². The molecule has 134 valence electrons. The van der Waals surface area contributed by atoms with Gasteiger partial charge in [-0.1, -0.05) is 48.0 Å². The van der Waals surface area contributed by atoms with Gasteiger partial charge in [0.05, 0.1) is 5.02 Å². The zero-order valence-electron chi connectivity index (χ0n) is 13.9. The number of benzene rings is 2. The first-order chi connectivity index (χ1) is 11.7. The van der Waals surface area contributed by atoms with Crippen LogP contribution in [0, 0.1) is 0 Å². The van der Waals surface area contributed by atoms with Gasteiger partial charge in [-0.25, -0.2) is 0 Å². The minimum Gasteiger partial charge on any atom is -0.482 e. The highest BCUT2D eigenvalue weighted by Gasteiger charge is 2.16. The molecular weight excluding hydrogens is 359 g/mol. The van der Waals surface area contributed by atoms with Gasteiger partial charge < -0.3 is 15.0 Å². The smallest absolute Gasteiger partial charge is 0.260 e. The number of carbonyl (C=O) groups is 1. The molecule has 0 aliphatic carbocycles. The fourth-order valence-electron chi connectivity index (χ4n) is 2.75. The van der Waals surface area contributed by atoms with Crippen LogP contribution in [0.25, 0.3) is 11.1 Å². The highest BCUT2D eigenvalue weighted by atomic mass is 35.5. The Labute approximate surface area is 159 Å². The summed E-state index contributed by atoms with van der Waals surface area (Å²) in [6.07, 6.45) is 0.971. The summed E-state index contributed by atoms with van der Waals surface area (Å²) in [6.45, 7) is 3.30. The monoisotopic (exact) mass is 380 g/mol. The number of nitrogens with zero attached hydrogens (tertiary/aromatic N) is 1. The molecule has 0 saturated carbocycles. The zero-order valence-corrected chi connectivity index (χ0v) is 15.5. The van der Waals surface area contributed by atoms with Gasteiger partial charge >= 0.3 is 0 Å². The Hall–Kier alpha value is -1.75. The van der Waals surface area contributed by atoms with Crippen LogP contribution in [0.3, 0.4) is 0 Å². The van der Waals surface area contributed by atoms with Gasteiger partial charge in [-0.2, -0.15) is 0 Å². The molecular formula is C19H22Cl2N2O2. The van der Waals surface area contributed by atoms with Crippen LogP contribution < -0.4 is 10.1 Å². The number of halogens is 2. The average Bonchev–Trinajstić information content (AvgIpc) is 2.90. The molecule has 1 saturated heterocycles. The first-order valence-electron chi connectivity index (χ1n) is 8.20. The predicted octanol–water partition coefficient (Wildman–Crippen LogP) is 3.63. The second kappa shape index (κ2) is 9.66. The summed E-state index contributed by atoms with van der Waals surface area (Å²) in [5.41, 5.74) is 2.12. The van der Waals surface area contributed by atoms with Crippen LogP contribution in [0.4, 0.5) is 0 Å². The second-order valence-corrected chi connectivity index (χ2v) is 6.19. The average molecular weight is 381 g/mol. The highest BCUT2D eigenvalue weighted by molar-refractivity contribution is 6.32. The zero-order chi connectivity index (χ0) is 16.8. The normalized spacial score (nSPS) is 14.4. The summed E-state index contributed by atoms with van der Waals surface area (Å²) in [4.78, 5) is 14.1. The quantitative estimate of drug-likeness (QED) is 0.880. The Balaban J connectivity index is 0.00000225. The SMILES string of the molecule is Cl.O=C(COc1ccc(-c2ccccc2)cc1Cl)N1CCCNCC1. The molecule has 0 spiro atoms. The first-order valence-corrected chi connectivity index (χ1v) is 8.58. The number of rotatable bonds is 4. The van der Waals surface area contributed by atoms with Crippen LogP contribution in [0.5, 0.6) is 5.75 Å². The molecule has 1 aliphatic heterocycles. The molecule has 0 aromatic heterocycles.